The first-order chi connectivity index (χ1) is 14.9. The van der Waals surface area contributed by atoms with Gasteiger partial charge in [-0.05, 0) is 30.5 Å². The number of hydrogen-bond acceptors (Lipinski definition) is 3. The molecule has 0 radical (unpaired) electrons. The SMILES string of the molecule is CC[C@H]1CN(C(=O)CCc2ccccc2)c2ccc(C(O)(C(F)(F)F)C(F)(F)F)cc2S1. The van der Waals surface area contributed by atoms with Crippen LogP contribution in [0.4, 0.5) is 32.0 Å². The number of carbonyl (C=O) groups excluding carboxylic acids is 1. The Labute approximate surface area is 185 Å². The van der Waals surface area contributed by atoms with Crippen LogP contribution in [-0.4, -0.2) is 35.2 Å². The molecule has 0 unspecified atom stereocenters. The monoisotopic (exact) mass is 477 g/mol. The number of nitrogens with zero attached hydrogens (tertiary/aromatic N) is 1. The van der Waals surface area contributed by atoms with Crippen LogP contribution in [0.25, 0.3) is 0 Å². The fourth-order valence-corrected chi connectivity index (χ4v) is 4.79. The van der Waals surface area contributed by atoms with Crippen LogP contribution in [0.15, 0.2) is 53.4 Å². The second kappa shape index (κ2) is 8.97. The average Bonchev–Trinajstić information content (AvgIpc) is 2.74. The molecule has 3 nitrogen and oxygen atoms in total. The molecule has 0 aliphatic carbocycles. The van der Waals surface area contributed by atoms with E-state index in [9.17, 15) is 36.2 Å². The summed E-state index contributed by atoms with van der Waals surface area (Å²) in [5, 5.41) is 9.52. The fourth-order valence-electron chi connectivity index (χ4n) is 3.54. The van der Waals surface area contributed by atoms with E-state index in [1.165, 1.54) is 4.90 Å². The topological polar surface area (TPSA) is 40.5 Å². The minimum absolute atomic E-state index is 0.0978. The highest BCUT2D eigenvalue weighted by Gasteiger charge is 2.71. The molecule has 1 aliphatic rings. The van der Waals surface area contributed by atoms with Gasteiger partial charge in [0.1, 0.15) is 0 Å². The molecule has 0 bridgehead atoms. The predicted molar refractivity (Wildman–Crippen MR) is 110 cm³/mol. The van der Waals surface area contributed by atoms with E-state index >= 15 is 0 Å². The molecule has 0 fully saturated rings. The minimum atomic E-state index is -5.96. The normalized spacial score (nSPS) is 17.2. The Balaban J connectivity index is 1.95. The highest BCUT2D eigenvalue weighted by atomic mass is 32.2. The quantitative estimate of drug-likeness (QED) is 0.550. The molecule has 1 aliphatic heterocycles. The minimum Gasteiger partial charge on any atom is -0.369 e. The molecule has 1 N–H and O–H groups in total. The van der Waals surface area contributed by atoms with Gasteiger partial charge < -0.3 is 10.0 Å². The van der Waals surface area contributed by atoms with Gasteiger partial charge >= 0.3 is 12.4 Å². The number of rotatable bonds is 5. The van der Waals surface area contributed by atoms with Gasteiger partial charge in [-0.3, -0.25) is 4.79 Å². The number of thioether (sulfide) groups is 1. The van der Waals surface area contributed by atoms with E-state index in [0.29, 0.717) is 31.5 Å². The first-order valence-corrected chi connectivity index (χ1v) is 10.8. The first kappa shape index (κ1) is 24.4. The van der Waals surface area contributed by atoms with Crippen LogP contribution >= 0.6 is 11.8 Å². The Morgan fingerprint density at radius 2 is 1.69 bits per heavy atom. The summed E-state index contributed by atoms with van der Waals surface area (Å²) in [5.74, 6) is -0.275. The lowest BCUT2D eigenvalue weighted by molar-refractivity contribution is -0.376. The zero-order valence-corrected chi connectivity index (χ0v) is 17.8. The lowest BCUT2D eigenvalue weighted by Crippen LogP contribution is -2.54. The average molecular weight is 477 g/mol. The third-order valence-electron chi connectivity index (χ3n) is 5.40. The largest absolute Gasteiger partial charge is 0.430 e. The van der Waals surface area contributed by atoms with Crippen LogP contribution in [-0.2, 0) is 16.8 Å². The highest BCUT2D eigenvalue weighted by Crippen LogP contribution is 2.52. The number of amides is 1. The fraction of sp³-hybridized carbons (Fsp3) is 0.409. The van der Waals surface area contributed by atoms with Crippen molar-refractivity contribution in [3.63, 3.8) is 0 Å². The number of anilines is 1. The van der Waals surface area contributed by atoms with Crippen LogP contribution in [0, 0.1) is 0 Å². The lowest BCUT2D eigenvalue weighted by Gasteiger charge is -2.36. The van der Waals surface area contributed by atoms with E-state index in [0.717, 1.165) is 23.4 Å². The number of alkyl halides is 6. The Kier molecular flexibility index (Phi) is 6.86. The van der Waals surface area contributed by atoms with E-state index in [-0.39, 0.29) is 28.2 Å². The molecule has 2 aromatic carbocycles. The maximum atomic E-state index is 13.3. The maximum absolute atomic E-state index is 13.3. The zero-order valence-electron chi connectivity index (χ0n) is 17.0. The molecule has 174 valence electrons. The number of benzene rings is 2. The van der Waals surface area contributed by atoms with Gasteiger partial charge in [-0.2, -0.15) is 26.3 Å². The summed E-state index contributed by atoms with van der Waals surface area (Å²) < 4.78 is 79.7. The Bertz CT molecular complexity index is 947. The van der Waals surface area contributed by atoms with Gasteiger partial charge in [-0.15, -0.1) is 11.8 Å². The zero-order chi connectivity index (χ0) is 23.7. The first-order valence-electron chi connectivity index (χ1n) is 9.89. The van der Waals surface area contributed by atoms with Crippen molar-refractivity contribution in [1.29, 1.82) is 0 Å². The van der Waals surface area contributed by atoms with Crippen molar-refractivity contribution in [2.45, 2.75) is 54.3 Å². The van der Waals surface area contributed by atoms with Crippen LogP contribution < -0.4 is 4.90 Å². The summed E-state index contributed by atoms with van der Waals surface area (Å²) in [4.78, 5) is 14.4. The second-order valence-corrected chi connectivity index (χ2v) is 8.87. The summed E-state index contributed by atoms with van der Waals surface area (Å²) in [6.45, 7) is 2.12. The highest BCUT2D eigenvalue weighted by molar-refractivity contribution is 8.00. The van der Waals surface area contributed by atoms with Crippen molar-refractivity contribution < 1.29 is 36.2 Å². The van der Waals surface area contributed by atoms with E-state index in [2.05, 4.69) is 0 Å². The molecule has 0 aromatic heterocycles. The molecule has 10 heteroatoms. The lowest BCUT2D eigenvalue weighted by atomic mass is 9.92. The summed E-state index contributed by atoms with van der Waals surface area (Å²) in [7, 11) is 0. The van der Waals surface area contributed by atoms with Crippen LogP contribution in [0.2, 0.25) is 0 Å². The smallest absolute Gasteiger partial charge is 0.369 e. The van der Waals surface area contributed by atoms with Crippen molar-refractivity contribution in [3.8, 4) is 0 Å². The van der Waals surface area contributed by atoms with Crippen molar-refractivity contribution in [1.82, 2.24) is 0 Å². The summed E-state index contributed by atoms with van der Waals surface area (Å²) in [5.41, 5.74) is -5.14. The van der Waals surface area contributed by atoms with Crippen LogP contribution in [0.5, 0.6) is 0 Å². The Morgan fingerprint density at radius 1 is 1.06 bits per heavy atom. The summed E-state index contributed by atoms with van der Waals surface area (Å²) >= 11 is 1.10. The van der Waals surface area contributed by atoms with Crippen LogP contribution in [0.3, 0.4) is 0 Å². The maximum Gasteiger partial charge on any atom is 0.430 e. The molecule has 32 heavy (non-hydrogen) atoms. The van der Waals surface area contributed by atoms with Gasteiger partial charge in [0.25, 0.3) is 5.60 Å². The molecular formula is C22H21F6NO2S. The molecule has 2 aromatic rings. The number of hydrogen-bond donors (Lipinski definition) is 1. The van der Waals surface area contributed by atoms with Gasteiger partial charge in [-0.1, -0.05) is 43.3 Å². The molecule has 1 atom stereocenters. The van der Waals surface area contributed by atoms with E-state index in [1.54, 1.807) is 0 Å². The van der Waals surface area contributed by atoms with Gasteiger partial charge in [0.05, 0.1) is 5.69 Å². The Hall–Kier alpha value is -2.20. The van der Waals surface area contributed by atoms with Crippen LogP contribution in [0.1, 0.15) is 30.9 Å². The third-order valence-corrected chi connectivity index (χ3v) is 6.79. The molecule has 3 rings (SSSR count). The molecule has 0 saturated heterocycles. The van der Waals surface area contributed by atoms with Crippen molar-refractivity contribution in [3.05, 3.63) is 59.7 Å². The molecule has 1 heterocycles. The van der Waals surface area contributed by atoms with E-state index < -0.39 is 23.5 Å². The second-order valence-electron chi connectivity index (χ2n) is 7.53. The molecule has 1 amide bonds. The number of halogens is 6. The number of carbonyl (C=O) groups is 1. The number of aliphatic hydroxyl groups is 1. The van der Waals surface area contributed by atoms with Gasteiger partial charge in [-0.25, -0.2) is 0 Å². The predicted octanol–water partition coefficient (Wildman–Crippen LogP) is 5.85. The van der Waals surface area contributed by atoms with Crippen molar-refractivity contribution in [2.75, 3.05) is 11.4 Å². The van der Waals surface area contributed by atoms with Gasteiger partial charge in [0.15, 0.2) is 0 Å². The number of fused-ring (bicyclic) bond motifs is 1. The van der Waals surface area contributed by atoms with Crippen molar-refractivity contribution in [2.24, 2.45) is 0 Å². The van der Waals surface area contributed by atoms with E-state index in [1.807, 2.05) is 37.3 Å². The third kappa shape index (κ3) is 4.61. The van der Waals surface area contributed by atoms with E-state index in [4.69, 9.17) is 0 Å². The van der Waals surface area contributed by atoms with Gasteiger partial charge in [0.2, 0.25) is 5.91 Å². The van der Waals surface area contributed by atoms with Gasteiger partial charge in [0, 0.05) is 28.7 Å². The summed E-state index contributed by atoms with van der Waals surface area (Å²) in [6.07, 6.45) is -10.8. The Morgan fingerprint density at radius 3 is 2.25 bits per heavy atom. The number of aryl methyl sites for hydroxylation is 1. The summed E-state index contributed by atoms with van der Waals surface area (Å²) in [6, 6.07) is 11.6. The molecular weight excluding hydrogens is 456 g/mol. The molecule has 0 spiro atoms. The standard InChI is InChI=1S/C22H21F6NO2S/c1-2-16-13-29(19(30)11-8-14-6-4-3-5-7-14)17-10-9-15(12-18(17)32-16)20(31,21(23,24)25)22(26,27)28/h3-7,9-10,12,16,31H,2,8,11,13H2,1H3/t16-/m0/s1. The molecule has 0 saturated carbocycles. The van der Waals surface area contributed by atoms with Crippen molar-refractivity contribution >= 4 is 23.4 Å².